The Labute approximate surface area is 112 Å². The molecule has 1 N–H and O–H groups in total. The lowest BCUT2D eigenvalue weighted by Crippen LogP contribution is -2.21. The number of carbonyl (C=O) groups is 2. The molecule has 0 bridgehead atoms. The molecule has 1 aromatic carbocycles. The maximum Gasteiger partial charge on any atom is 0.224 e. The van der Waals surface area contributed by atoms with E-state index >= 15 is 0 Å². The second-order valence-electron chi connectivity index (χ2n) is 6.20. The van der Waals surface area contributed by atoms with Gasteiger partial charge in [-0.15, -0.1) is 0 Å². The lowest BCUT2D eigenvalue weighted by Gasteiger charge is -2.20. The van der Waals surface area contributed by atoms with Gasteiger partial charge >= 0.3 is 0 Å². The Morgan fingerprint density at radius 1 is 1.32 bits per heavy atom. The van der Waals surface area contributed by atoms with Gasteiger partial charge in [-0.2, -0.15) is 0 Å². The topological polar surface area (TPSA) is 46.2 Å². The van der Waals surface area contributed by atoms with Crippen molar-refractivity contribution in [3.05, 3.63) is 29.1 Å². The minimum Gasteiger partial charge on any atom is -0.326 e. The van der Waals surface area contributed by atoms with Crippen LogP contribution in [-0.2, 0) is 11.2 Å². The van der Waals surface area contributed by atoms with E-state index in [-0.39, 0.29) is 22.7 Å². The highest BCUT2D eigenvalue weighted by atomic mass is 19.1. The molecule has 0 atom stereocenters. The van der Waals surface area contributed by atoms with Gasteiger partial charge in [-0.25, -0.2) is 4.39 Å². The van der Waals surface area contributed by atoms with Gasteiger partial charge in [0.05, 0.1) is 5.56 Å². The first-order chi connectivity index (χ1) is 8.76. The average Bonchev–Trinajstić information content (AvgIpc) is 2.25. The number of carbonyl (C=O) groups excluding carboxylic acids is 2. The van der Waals surface area contributed by atoms with E-state index < -0.39 is 5.82 Å². The average molecular weight is 263 g/mol. The summed E-state index contributed by atoms with van der Waals surface area (Å²) in [5.74, 6) is -0.861. The van der Waals surface area contributed by atoms with Gasteiger partial charge in [-0.05, 0) is 29.5 Å². The quantitative estimate of drug-likeness (QED) is 0.832. The lowest BCUT2D eigenvalue weighted by atomic mass is 9.87. The van der Waals surface area contributed by atoms with E-state index in [4.69, 9.17) is 0 Å². The van der Waals surface area contributed by atoms with Crippen LogP contribution in [0.2, 0.25) is 0 Å². The van der Waals surface area contributed by atoms with Crippen molar-refractivity contribution in [1.29, 1.82) is 0 Å². The Hall–Kier alpha value is -1.71. The van der Waals surface area contributed by atoms with Crippen molar-refractivity contribution >= 4 is 17.4 Å². The fourth-order valence-electron chi connectivity index (χ4n) is 2.19. The molecule has 0 fully saturated rings. The normalized spacial score (nSPS) is 14.8. The summed E-state index contributed by atoms with van der Waals surface area (Å²) in [5, 5.41) is 2.62. The molecule has 1 aliphatic rings. The van der Waals surface area contributed by atoms with Gasteiger partial charge < -0.3 is 5.32 Å². The van der Waals surface area contributed by atoms with Crippen LogP contribution in [0, 0.1) is 11.2 Å². The fraction of sp³-hybridized carbons (Fsp3) is 0.467. The second-order valence-corrected chi connectivity index (χ2v) is 6.20. The van der Waals surface area contributed by atoms with E-state index in [2.05, 4.69) is 5.32 Å². The maximum absolute atomic E-state index is 14.0. The largest absolute Gasteiger partial charge is 0.326 e. The molecule has 19 heavy (non-hydrogen) atoms. The molecule has 1 aliphatic heterocycles. The smallest absolute Gasteiger partial charge is 0.224 e. The molecule has 0 radical (unpaired) electrons. The van der Waals surface area contributed by atoms with E-state index in [1.807, 2.05) is 20.8 Å². The Kier molecular flexibility index (Phi) is 3.43. The number of benzene rings is 1. The Morgan fingerprint density at radius 3 is 2.63 bits per heavy atom. The highest BCUT2D eigenvalue weighted by molar-refractivity contribution is 5.99. The fourth-order valence-corrected chi connectivity index (χ4v) is 2.19. The molecule has 0 saturated heterocycles. The van der Waals surface area contributed by atoms with Crippen molar-refractivity contribution in [3.8, 4) is 0 Å². The standard InChI is InChI=1S/C15H18FNO2/c1-15(2,3)8-13(18)10-6-9-4-5-14(19)17-12(9)7-11(10)16/h6-7H,4-5,8H2,1-3H3,(H,17,19). The summed E-state index contributed by atoms with van der Waals surface area (Å²) < 4.78 is 14.0. The van der Waals surface area contributed by atoms with Crippen molar-refractivity contribution in [2.75, 3.05) is 5.32 Å². The molecule has 2 rings (SSSR count). The van der Waals surface area contributed by atoms with Crippen LogP contribution in [0.25, 0.3) is 0 Å². The number of halogens is 1. The predicted octanol–water partition coefficient (Wildman–Crippen LogP) is 3.33. The van der Waals surface area contributed by atoms with Gasteiger partial charge in [0.15, 0.2) is 5.78 Å². The number of amides is 1. The van der Waals surface area contributed by atoms with Crippen molar-refractivity contribution in [2.45, 2.75) is 40.0 Å². The number of hydrogen-bond acceptors (Lipinski definition) is 2. The molecule has 0 aromatic heterocycles. The molecule has 3 nitrogen and oxygen atoms in total. The molecule has 0 unspecified atom stereocenters. The number of Topliss-reactive ketones (excluding diaryl/α,β-unsaturated/α-hetero) is 1. The number of nitrogens with one attached hydrogen (secondary N) is 1. The van der Waals surface area contributed by atoms with Gasteiger partial charge in [-0.1, -0.05) is 20.8 Å². The molecule has 1 heterocycles. The molecule has 0 aliphatic carbocycles. The number of fused-ring (bicyclic) bond motifs is 1. The summed E-state index contributed by atoms with van der Waals surface area (Å²) in [6, 6.07) is 2.83. The third-order valence-corrected chi connectivity index (χ3v) is 3.08. The highest BCUT2D eigenvalue weighted by Crippen LogP contribution is 2.28. The minimum atomic E-state index is -0.560. The first-order valence-electron chi connectivity index (χ1n) is 6.42. The Balaban J connectivity index is 2.33. The third-order valence-electron chi connectivity index (χ3n) is 3.08. The van der Waals surface area contributed by atoms with Crippen LogP contribution in [-0.4, -0.2) is 11.7 Å². The molecule has 0 spiro atoms. The summed E-state index contributed by atoms with van der Waals surface area (Å²) >= 11 is 0. The van der Waals surface area contributed by atoms with Crippen molar-refractivity contribution in [2.24, 2.45) is 5.41 Å². The van der Waals surface area contributed by atoms with Gasteiger partial charge in [0.25, 0.3) is 0 Å². The van der Waals surface area contributed by atoms with Gasteiger partial charge in [0.2, 0.25) is 5.91 Å². The van der Waals surface area contributed by atoms with E-state index in [1.165, 1.54) is 6.07 Å². The van der Waals surface area contributed by atoms with Crippen LogP contribution >= 0.6 is 0 Å². The molecule has 1 aromatic rings. The highest BCUT2D eigenvalue weighted by Gasteiger charge is 2.23. The van der Waals surface area contributed by atoms with Gasteiger partial charge in [0, 0.05) is 18.5 Å². The van der Waals surface area contributed by atoms with Gasteiger partial charge in [0.1, 0.15) is 5.82 Å². The van der Waals surface area contributed by atoms with Crippen LogP contribution in [0.1, 0.15) is 49.5 Å². The number of rotatable bonds is 2. The second kappa shape index (κ2) is 4.76. The van der Waals surface area contributed by atoms with E-state index in [0.29, 0.717) is 24.9 Å². The Morgan fingerprint density at radius 2 is 2.00 bits per heavy atom. The van der Waals surface area contributed by atoms with Crippen LogP contribution in [0.3, 0.4) is 0 Å². The summed E-state index contributed by atoms with van der Waals surface area (Å²) in [6.07, 6.45) is 1.23. The number of anilines is 1. The van der Waals surface area contributed by atoms with Crippen LogP contribution < -0.4 is 5.32 Å². The monoisotopic (exact) mass is 263 g/mol. The molecule has 0 saturated carbocycles. The van der Waals surface area contributed by atoms with Gasteiger partial charge in [-0.3, -0.25) is 9.59 Å². The van der Waals surface area contributed by atoms with Crippen LogP contribution in [0.4, 0.5) is 10.1 Å². The van der Waals surface area contributed by atoms with Crippen LogP contribution in [0.5, 0.6) is 0 Å². The zero-order valence-corrected chi connectivity index (χ0v) is 11.5. The molecule has 102 valence electrons. The predicted molar refractivity (Wildman–Crippen MR) is 71.8 cm³/mol. The van der Waals surface area contributed by atoms with Crippen molar-refractivity contribution in [1.82, 2.24) is 0 Å². The zero-order valence-electron chi connectivity index (χ0n) is 11.5. The molecule has 1 amide bonds. The first kappa shape index (κ1) is 13.7. The summed E-state index contributed by atoms with van der Waals surface area (Å²) in [6.45, 7) is 5.84. The zero-order chi connectivity index (χ0) is 14.2. The molecule has 4 heteroatoms. The molecular weight excluding hydrogens is 245 g/mol. The van der Waals surface area contributed by atoms with E-state index in [0.717, 1.165) is 5.56 Å². The SMILES string of the molecule is CC(C)(C)CC(=O)c1cc2c(cc1F)NC(=O)CC2. The van der Waals surface area contributed by atoms with E-state index in [1.54, 1.807) is 6.07 Å². The third kappa shape index (κ3) is 3.19. The maximum atomic E-state index is 14.0. The number of aryl methyl sites for hydroxylation is 1. The number of hydrogen-bond donors (Lipinski definition) is 1. The lowest BCUT2D eigenvalue weighted by molar-refractivity contribution is -0.116. The first-order valence-corrected chi connectivity index (χ1v) is 6.42. The van der Waals surface area contributed by atoms with Crippen molar-refractivity contribution < 1.29 is 14.0 Å². The summed E-state index contributed by atoms with van der Waals surface area (Å²) in [7, 11) is 0. The van der Waals surface area contributed by atoms with E-state index in [9.17, 15) is 14.0 Å². The number of ketones is 1. The Bertz CT molecular complexity index is 544. The summed E-state index contributed by atoms with van der Waals surface area (Å²) in [4.78, 5) is 23.3. The van der Waals surface area contributed by atoms with Crippen molar-refractivity contribution in [3.63, 3.8) is 0 Å². The van der Waals surface area contributed by atoms with Crippen LogP contribution in [0.15, 0.2) is 12.1 Å². The summed E-state index contributed by atoms with van der Waals surface area (Å²) in [5.41, 5.74) is 1.28. The molecular formula is C15H18FNO2. The minimum absolute atomic E-state index is 0.110.